The molecule has 0 aliphatic carbocycles. The number of hydrogen-bond donors (Lipinski definition) is 16. The molecule has 0 spiro atoms. The second-order valence-electron chi connectivity index (χ2n) is 27.2. The topological polar surface area (TPSA) is 661 Å². The summed E-state index contributed by atoms with van der Waals surface area (Å²) in [7, 11) is -4.93. The number of ether oxygens (including phenoxy) is 8. The van der Waals surface area contributed by atoms with Crippen molar-refractivity contribution >= 4 is 112 Å². The lowest BCUT2D eigenvalue weighted by Gasteiger charge is -2.34. The maximum absolute atomic E-state index is 14.2. The number of rotatable bonds is 83. The fraction of sp³-hybridized carbons (Fsp3) is 0.800. The maximum atomic E-state index is 14.2. The van der Waals surface area contributed by atoms with Crippen LogP contribution in [-0.4, -0.2) is 395 Å². The van der Waals surface area contributed by atoms with Crippen molar-refractivity contribution < 1.29 is 184 Å². The number of phosphoric acid groups is 1. The first-order valence-electron chi connectivity index (χ1n) is 38.8. The van der Waals surface area contributed by atoms with E-state index in [1.807, 2.05) is 6.92 Å². The summed E-state index contributed by atoms with van der Waals surface area (Å²) >= 11 is 1.24. The van der Waals surface area contributed by atoms with E-state index in [0.717, 1.165) is 19.6 Å². The molecule has 16 N–H and O–H groups in total. The number of hydrogen-bond acceptors (Lipinski definition) is 33. The van der Waals surface area contributed by atoms with Gasteiger partial charge in [-0.3, -0.25) is 101 Å². The molecule has 0 saturated carbocycles. The fourth-order valence-corrected chi connectivity index (χ4v) is 13.6. The zero-order valence-electron chi connectivity index (χ0n) is 67.0. The molecule has 8 unspecified atom stereocenters. The quantitative estimate of drug-likeness (QED) is 0.0147. The molecule has 1 aliphatic rings. The van der Waals surface area contributed by atoms with E-state index >= 15 is 0 Å². The second-order valence-corrected chi connectivity index (χ2v) is 30.4. The number of unbranched alkanes of at least 4 members (excludes halogenated alkanes) is 6. The average molecular weight is 1780 g/mol. The van der Waals surface area contributed by atoms with Crippen LogP contribution in [0.4, 0.5) is 0 Å². The molecule has 1 heterocycles. The van der Waals surface area contributed by atoms with Gasteiger partial charge in [0.15, 0.2) is 9.03 Å². The van der Waals surface area contributed by atoms with E-state index in [-0.39, 0.29) is 162 Å². The number of phosphoric ester groups is 1. The third-order valence-electron chi connectivity index (χ3n) is 17.2. The van der Waals surface area contributed by atoms with Gasteiger partial charge < -0.3 is 119 Å². The van der Waals surface area contributed by atoms with Crippen molar-refractivity contribution in [2.75, 3.05) is 190 Å². The molecule has 1 fully saturated rings. The van der Waals surface area contributed by atoms with E-state index < -0.39 is 207 Å². The highest BCUT2D eigenvalue weighted by molar-refractivity contribution is 8.00. The van der Waals surface area contributed by atoms with Gasteiger partial charge in [-0.05, 0) is 89.9 Å². The van der Waals surface area contributed by atoms with Gasteiger partial charge in [-0.25, -0.2) is 4.57 Å². The Kier molecular flexibility index (Phi) is 61.7. The number of nitrogens with one attached hydrogen (secondary N) is 4. The van der Waals surface area contributed by atoms with Crippen LogP contribution in [0.25, 0.3) is 0 Å². The molecule has 1 rings (SSSR count). The summed E-state index contributed by atoms with van der Waals surface area (Å²) in [5, 5.41) is 106. The van der Waals surface area contributed by atoms with Crippen LogP contribution < -0.4 is 21.3 Å². The highest BCUT2D eigenvalue weighted by atomic mass is 32.2. The average Bonchev–Trinajstić information content (AvgIpc) is 1.71. The standard InChI is InChI=1S/C70H122N8O38P2S/c1-50(116-117-103)16-25-106-29-30-107-31-32-108-33-34-109-35-36-110-37-38-115-118(104,105)114-24-10-2-3-11-39-119-54-40-59(83)78(66(54)96)23-15-58(82)74-70(47-111-26-17-55(79)71-20-7-4-12-51(67(97)98)75(41-60(84)85)42-61(86)87,48-112-27-18-56(80)72-21-8-5-13-52(68(99)100)76(43-62(88)89)44-63(90)91)49-113-28-19-57(81)73-22-9-6-14-53(69(101)102)77(45-64(92)93)46-65(94)95/h50-55,71,79,103,117H,2-49H2,1H3,(H,72,80)(H,73,81)(H,74,82)(H,84,85)(H,86,87)(H,88,89)(H,90,91)(H,92,93)(H,94,95)(H,97,98)(H,99,100)(H,101,102)(H,104,105). The van der Waals surface area contributed by atoms with Crippen molar-refractivity contribution in [1.29, 1.82) is 0 Å². The van der Waals surface area contributed by atoms with Crippen molar-refractivity contribution in [3.05, 3.63) is 0 Å². The first-order valence-corrected chi connectivity index (χ1v) is 42.2. The van der Waals surface area contributed by atoms with Gasteiger partial charge in [-0.2, -0.15) is 0 Å². The van der Waals surface area contributed by atoms with E-state index in [4.69, 9.17) is 56.4 Å². The molecule has 0 aromatic carbocycles. The van der Waals surface area contributed by atoms with Crippen LogP contribution in [0.3, 0.4) is 0 Å². The van der Waals surface area contributed by atoms with E-state index in [9.17, 15) is 128 Å². The van der Waals surface area contributed by atoms with E-state index in [2.05, 4.69) is 21.3 Å². The lowest BCUT2D eigenvalue weighted by Crippen LogP contribution is -2.59. The summed E-state index contributed by atoms with van der Waals surface area (Å²) in [6, 6.07) is -4.40. The summed E-state index contributed by atoms with van der Waals surface area (Å²) < 4.78 is 72.6. The number of aliphatic hydroxyl groups excluding tert-OH is 1. The van der Waals surface area contributed by atoms with Gasteiger partial charge in [0.2, 0.25) is 29.5 Å². The zero-order valence-corrected chi connectivity index (χ0v) is 69.7. The molecule has 0 aromatic heterocycles. The van der Waals surface area contributed by atoms with Crippen molar-refractivity contribution in [3.63, 3.8) is 0 Å². The summed E-state index contributed by atoms with van der Waals surface area (Å²) in [4.78, 5) is 194. The SMILES string of the molecule is CC(CCOCCOCCOCCOCCOCCOP(=O)(O)OCCCCCCSC1CC(=O)N(CCC(=O)NC(COCCC(=O)NCCCCC(C(=O)O)N(CC(=O)O)CC(=O)O)(COCCC(=O)NCCCCC(C(=O)O)N(CC(=O)O)CC(=O)O)COCCC(O)NCCCCC(C(=O)O)N(CC(=O)O)CC(=O)O)C1=O)OPO. The number of carboxylic acid groups (broad SMARTS) is 9. The fourth-order valence-electron chi connectivity index (χ4n) is 11.4. The number of thioether (sulfide) groups is 1. The Morgan fingerprint density at radius 1 is 0.471 bits per heavy atom. The number of likely N-dealkylation sites (tertiary alicyclic amines) is 1. The molecule has 686 valence electrons. The van der Waals surface area contributed by atoms with Crippen molar-refractivity contribution in [2.45, 2.75) is 170 Å². The molecule has 0 aromatic rings. The molecule has 0 bridgehead atoms. The summed E-state index contributed by atoms with van der Waals surface area (Å²) in [6.45, 7) is -3.19. The molecule has 5 amide bonds. The van der Waals surface area contributed by atoms with Crippen LogP contribution in [0.2, 0.25) is 0 Å². The summed E-state index contributed by atoms with van der Waals surface area (Å²) in [5.74, 6) is -15.6. The zero-order chi connectivity index (χ0) is 88.8. The van der Waals surface area contributed by atoms with Crippen LogP contribution in [0.1, 0.15) is 129 Å². The third-order valence-corrected chi connectivity index (χ3v) is 20.1. The van der Waals surface area contributed by atoms with Gasteiger partial charge in [0.25, 0.3) is 0 Å². The van der Waals surface area contributed by atoms with Crippen LogP contribution >= 0.6 is 28.6 Å². The van der Waals surface area contributed by atoms with Crippen molar-refractivity contribution in [1.82, 2.24) is 40.9 Å². The van der Waals surface area contributed by atoms with Gasteiger partial charge in [-0.15, -0.1) is 11.8 Å². The largest absolute Gasteiger partial charge is 0.480 e. The summed E-state index contributed by atoms with van der Waals surface area (Å²) in [5.41, 5.74) is -1.74. The van der Waals surface area contributed by atoms with E-state index in [0.29, 0.717) is 84.1 Å². The van der Waals surface area contributed by atoms with Crippen molar-refractivity contribution in [3.8, 4) is 0 Å². The molecule has 1 aliphatic heterocycles. The molecular formula is C70H122N8O38P2S. The molecule has 1 saturated heterocycles. The minimum absolute atomic E-state index is 0.00271. The number of amides is 5. The number of imide groups is 1. The molecule has 49 heteroatoms. The van der Waals surface area contributed by atoms with Crippen LogP contribution in [0, 0.1) is 0 Å². The number of carbonyl (C=O) groups excluding carboxylic acids is 5. The highest BCUT2D eigenvalue weighted by Crippen LogP contribution is 2.43. The Morgan fingerprint density at radius 2 is 0.849 bits per heavy atom. The normalized spacial score (nSPS) is 15.4. The molecular weight excluding hydrogens is 1650 g/mol. The number of carbonyl (C=O) groups is 14. The first kappa shape index (κ1) is 110. The van der Waals surface area contributed by atoms with Gasteiger partial charge >= 0.3 is 61.5 Å². The van der Waals surface area contributed by atoms with Crippen molar-refractivity contribution in [2.24, 2.45) is 0 Å². The van der Waals surface area contributed by atoms with Crippen LogP contribution in [0.5, 0.6) is 0 Å². The minimum Gasteiger partial charge on any atom is -0.480 e. The number of nitrogens with zero attached hydrogens (tertiary/aromatic N) is 4. The second kappa shape index (κ2) is 66.7. The Labute approximate surface area is 694 Å². The smallest absolute Gasteiger partial charge is 0.472 e. The van der Waals surface area contributed by atoms with E-state index in [1.54, 1.807) is 0 Å². The van der Waals surface area contributed by atoms with Crippen LogP contribution in [0.15, 0.2) is 0 Å². The number of aliphatic carboxylic acids is 9. The maximum Gasteiger partial charge on any atom is 0.472 e. The Hall–Kier alpha value is -6.93. The van der Waals surface area contributed by atoms with Gasteiger partial charge in [0.05, 0.1) is 163 Å². The van der Waals surface area contributed by atoms with Crippen LogP contribution in [-0.2, 0) is 123 Å². The lowest BCUT2D eigenvalue weighted by atomic mass is 10.0. The first-order chi connectivity index (χ1) is 56.6. The minimum atomic E-state index is -4.38. The van der Waals surface area contributed by atoms with E-state index in [1.165, 1.54) is 11.8 Å². The van der Waals surface area contributed by atoms with Gasteiger partial charge in [0, 0.05) is 58.3 Å². The Morgan fingerprint density at radius 3 is 1.26 bits per heavy atom. The predicted molar refractivity (Wildman–Crippen MR) is 416 cm³/mol. The van der Waals surface area contributed by atoms with Gasteiger partial charge in [-0.1, -0.05) is 19.3 Å². The molecule has 0 radical (unpaired) electrons. The predicted octanol–water partition coefficient (Wildman–Crippen LogP) is -1.19. The molecule has 119 heavy (non-hydrogen) atoms. The number of carboxylic acids is 9. The lowest BCUT2D eigenvalue weighted by molar-refractivity contribution is -0.152. The molecule has 46 nitrogen and oxygen atoms in total. The summed E-state index contributed by atoms with van der Waals surface area (Å²) in [6.07, 6.45) is 0.559. The third kappa shape index (κ3) is 57.1. The number of aliphatic hydroxyl groups is 1. The molecule has 8 atom stereocenters. The Balaban J connectivity index is 3.11. The van der Waals surface area contributed by atoms with Gasteiger partial charge in [0.1, 0.15) is 29.9 Å². The monoisotopic (exact) mass is 1780 g/mol. The Bertz CT molecular complexity index is 2940. The highest BCUT2D eigenvalue weighted by Gasteiger charge is 2.40.